The maximum atomic E-state index is 13.0. The average molecular weight is 408 g/mol. The summed E-state index contributed by atoms with van der Waals surface area (Å²) >= 11 is 0. The van der Waals surface area contributed by atoms with E-state index in [2.05, 4.69) is 15.5 Å². The molecule has 30 heavy (non-hydrogen) atoms. The number of amides is 2. The summed E-state index contributed by atoms with van der Waals surface area (Å²) in [4.78, 5) is 39.9. The number of nitrogens with one attached hydrogen (secondary N) is 2. The molecular weight excluding hydrogens is 384 g/mol. The first-order chi connectivity index (χ1) is 14.4. The molecule has 0 saturated carbocycles. The number of anilines is 2. The first kappa shape index (κ1) is 19.9. The van der Waals surface area contributed by atoms with E-state index in [1.54, 1.807) is 17.0 Å². The lowest BCUT2D eigenvalue weighted by Crippen LogP contribution is -2.49. The number of carboxylic acid groups (broad SMARTS) is 1. The number of carbonyl (C=O) groups excluding carboxylic acids is 2. The molecule has 156 valence electrons. The van der Waals surface area contributed by atoms with Crippen molar-refractivity contribution >= 4 is 29.2 Å². The molecule has 2 aromatic carbocycles. The van der Waals surface area contributed by atoms with Crippen molar-refractivity contribution < 1.29 is 19.5 Å². The van der Waals surface area contributed by atoms with Gasteiger partial charge in [0.2, 0.25) is 11.8 Å². The molecule has 1 atom stereocenters. The van der Waals surface area contributed by atoms with Gasteiger partial charge in [-0.1, -0.05) is 12.1 Å². The van der Waals surface area contributed by atoms with E-state index in [1.807, 2.05) is 25.2 Å². The molecule has 2 amide bonds. The van der Waals surface area contributed by atoms with Crippen LogP contribution in [0.3, 0.4) is 0 Å². The zero-order valence-electron chi connectivity index (χ0n) is 16.7. The molecule has 2 aliphatic rings. The molecule has 2 aliphatic heterocycles. The molecular formula is C22H24N4O4. The third kappa shape index (κ3) is 3.86. The van der Waals surface area contributed by atoms with E-state index in [9.17, 15) is 14.4 Å². The SMILES string of the molecule is CN1CCN(c2cccc3c2CCNC3C(=O)Nc2ccc(C(=O)O)cc2)CC1=O. The van der Waals surface area contributed by atoms with Gasteiger partial charge in [-0.15, -0.1) is 0 Å². The number of likely N-dealkylation sites (N-methyl/N-ethyl adjacent to an activating group) is 1. The number of benzene rings is 2. The monoisotopic (exact) mass is 408 g/mol. The van der Waals surface area contributed by atoms with Crippen LogP contribution in [0.1, 0.15) is 27.5 Å². The molecule has 2 heterocycles. The number of piperazine rings is 1. The number of hydrogen-bond donors (Lipinski definition) is 3. The Morgan fingerprint density at radius 1 is 1.13 bits per heavy atom. The van der Waals surface area contributed by atoms with Gasteiger partial charge in [0.05, 0.1) is 12.1 Å². The molecule has 0 aromatic heterocycles. The van der Waals surface area contributed by atoms with Crippen LogP contribution >= 0.6 is 0 Å². The Bertz CT molecular complexity index is 989. The Labute approximate surface area is 174 Å². The second-order valence-electron chi connectivity index (χ2n) is 7.59. The van der Waals surface area contributed by atoms with Crippen LogP contribution in [-0.4, -0.2) is 61.0 Å². The molecule has 1 unspecified atom stereocenters. The molecule has 4 rings (SSSR count). The summed E-state index contributed by atoms with van der Waals surface area (Å²) in [6, 6.07) is 11.4. The fraction of sp³-hybridized carbons (Fsp3) is 0.318. The molecule has 1 fully saturated rings. The highest BCUT2D eigenvalue weighted by atomic mass is 16.4. The highest BCUT2D eigenvalue weighted by Crippen LogP contribution is 2.32. The van der Waals surface area contributed by atoms with E-state index in [0.717, 1.165) is 29.8 Å². The van der Waals surface area contributed by atoms with Crippen LogP contribution in [0.15, 0.2) is 42.5 Å². The van der Waals surface area contributed by atoms with Gasteiger partial charge >= 0.3 is 5.97 Å². The molecule has 1 saturated heterocycles. The van der Waals surface area contributed by atoms with Crippen molar-refractivity contribution in [2.45, 2.75) is 12.5 Å². The molecule has 0 spiro atoms. The van der Waals surface area contributed by atoms with Crippen LogP contribution < -0.4 is 15.5 Å². The van der Waals surface area contributed by atoms with Gasteiger partial charge in [0.25, 0.3) is 0 Å². The van der Waals surface area contributed by atoms with Gasteiger partial charge < -0.3 is 25.5 Å². The van der Waals surface area contributed by atoms with Crippen LogP contribution in [-0.2, 0) is 16.0 Å². The predicted molar refractivity (Wildman–Crippen MR) is 113 cm³/mol. The summed E-state index contributed by atoms with van der Waals surface area (Å²) in [5.41, 5.74) is 3.72. The Morgan fingerprint density at radius 3 is 2.60 bits per heavy atom. The van der Waals surface area contributed by atoms with Gasteiger partial charge in [0, 0.05) is 38.1 Å². The minimum Gasteiger partial charge on any atom is -0.478 e. The van der Waals surface area contributed by atoms with Crippen LogP contribution in [0.2, 0.25) is 0 Å². The quantitative estimate of drug-likeness (QED) is 0.709. The Kier molecular flexibility index (Phi) is 5.41. The van der Waals surface area contributed by atoms with Crippen LogP contribution in [0, 0.1) is 0 Å². The summed E-state index contributed by atoms with van der Waals surface area (Å²) in [5, 5.41) is 15.1. The maximum Gasteiger partial charge on any atom is 0.335 e. The fourth-order valence-corrected chi connectivity index (χ4v) is 3.99. The number of fused-ring (bicyclic) bond motifs is 1. The molecule has 0 bridgehead atoms. The van der Waals surface area contributed by atoms with E-state index in [-0.39, 0.29) is 17.4 Å². The van der Waals surface area contributed by atoms with Gasteiger partial charge in [0.15, 0.2) is 0 Å². The number of rotatable bonds is 4. The molecule has 8 nitrogen and oxygen atoms in total. The van der Waals surface area contributed by atoms with Gasteiger partial charge in [-0.2, -0.15) is 0 Å². The topological polar surface area (TPSA) is 102 Å². The number of carbonyl (C=O) groups is 3. The van der Waals surface area contributed by atoms with E-state index < -0.39 is 12.0 Å². The predicted octanol–water partition coefficient (Wildman–Crippen LogP) is 1.49. The minimum atomic E-state index is -1.01. The molecule has 3 N–H and O–H groups in total. The van der Waals surface area contributed by atoms with Crippen molar-refractivity contribution in [3.05, 3.63) is 59.2 Å². The zero-order chi connectivity index (χ0) is 21.3. The first-order valence-electron chi connectivity index (χ1n) is 9.92. The summed E-state index contributed by atoms with van der Waals surface area (Å²) in [6.45, 7) is 2.44. The number of aromatic carboxylic acids is 1. The summed E-state index contributed by atoms with van der Waals surface area (Å²) in [7, 11) is 1.81. The Hall–Kier alpha value is -3.39. The summed E-state index contributed by atoms with van der Waals surface area (Å²) in [5.74, 6) is -1.12. The molecule has 8 heteroatoms. The van der Waals surface area contributed by atoms with Crippen LogP contribution in [0.5, 0.6) is 0 Å². The lowest BCUT2D eigenvalue weighted by molar-refractivity contribution is -0.129. The van der Waals surface area contributed by atoms with Crippen molar-refractivity contribution in [2.24, 2.45) is 0 Å². The minimum absolute atomic E-state index is 0.0897. The standard InChI is InChI=1S/C22H24N4O4/c1-25-11-12-26(13-19(25)27)18-4-2-3-17-16(18)9-10-23-20(17)21(28)24-15-7-5-14(6-8-15)22(29)30/h2-8,20,23H,9-13H2,1H3,(H,24,28)(H,29,30). The summed E-state index contributed by atoms with van der Waals surface area (Å²) < 4.78 is 0. The van der Waals surface area contributed by atoms with Crippen molar-refractivity contribution in [3.8, 4) is 0 Å². The maximum absolute atomic E-state index is 13.0. The number of hydrogen-bond acceptors (Lipinski definition) is 5. The van der Waals surface area contributed by atoms with Gasteiger partial charge in [-0.3, -0.25) is 9.59 Å². The lowest BCUT2D eigenvalue weighted by Gasteiger charge is -2.37. The van der Waals surface area contributed by atoms with Gasteiger partial charge in [-0.25, -0.2) is 4.79 Å². The van der Waals surface area contributed by atoms with Gasteiger partial charge in [0.1, 0.15) is 6.04 Å². The van der Waals surface area contributed by atoms with E-state index >= 15 is 0 Å². The van der Waals surface area contributed by atoms with Crippen molar-refractivity contribution in [2.75, 3.05) is 43.4 Å². The van der Waals surface area contributed by atoms with Crippen LogP contribution in [0.4, 0.5) is 11.4 Å². The second-order valence-corrected chi connectivity index (χ2v) is 7.59. The Balaban J connectivity index is 1.55. The lowest BCUT2D eigenvalue weighted by atomic mass is 9.91. The van der Waals surface area contributed by atoms with E-state index in [1.165, 1.54) is 12.1 Å². The number of nitrogens with zero attached hydrogens (tertiary/aromatic N) is 2. The molecule has 0 radical (unpaired) electrons. The third-order valence-electron chi connectivity index (χ3n) is 5.68. The van der Waals surface area contributed by atoms with Crippen molar-refractivity contribution in [1.82, 2.24) is 10.2 Å². The normalized spacial score (nSPS) is 18.7. The average Bonchev–Trinajstić information content (AvgIpc) is 2.75. The molecule has 0 aliphatic carbocycles. The second kappa shape index (κ2) is 8.16. The Morgan fingerprint density at radius 2 is 1.90 bits per heavy atom. The van der Waals surface area contributed by atoms with Crippen molar-refractivity contribution in [3.63, 3.8) is 0 Å². The fourth-order valence-electron chi connectivity index (χ4n) is 3.99. The highest BCUT2D eigenvalue weighted by Gasteiger charge is 2.30. The molecule has 2 aromatic rings. The van der Waals surface area contributed by atoms with Gasteiger partial charge in [-0.05, 0) is 47.9 Å². The van der Waals surface area contributed by atoms with Crippen molar-refractivity contribution in [1.29, 1.82) is 0 Å². The zero-order valence-corrected chi connectivity index (χ0v) is 16.7. The number of carboxylic acids is 1. The smallest absolute Gasteiger partial charge is 0.335 e. The van der Waals surface area contributed by atoms with Crippen LogP contribution in [0.25, 0.3) is 0 Å². The third-order valence-corrected chi connectivity index (χ3v) is 5.68. The van der Waals surface area contributed by atoms with E-state index in [0.29, 0.717) is 25.3 Å². The largest absolute Gasteiger partial charge is 0.478 e. The highest BCUT2D eigenvalue weighted by molar-refractivity contribution is 5.97. The van der Waals surface area contributed by atoms with E-state index in [4.69, 9.17) is 5.11 Å². The first-order valence-corrected chi connectivity index (χ1v) is 9.92. The summed E-state index contributed by atoms with van der Waals surface area (Å²) in [6.07, 6.45) is 0.781.